The maximum absolute atomic E-state index is 9.43. The van der Waals surface area contributed by atoms with E-state index in [4.69, 9.17) is 15.2 Å². The minimum Gasteiger partial charge on any atom is -0.390 e. The Bertz CT molecular complexity index is 155. The van der Waals surface area contributed by atoms with Crippen LogP contribution in [-0.2, 0) is 9.47 Å². The fourth-order valence-corrected chi connectivity index (χ4v) is 1.28. The van der Waals surface area contributed by atoms with Crippen molar-refractivity contribution in [3.63, 3.8) is 0 Å². The zero-order valence-electron chi connectivity index (χ0n) is 7.72. The lowest BCUT2D eigenvalue weighted by molar-refractivity contribution is -0.259. The van der Waals surface area contributed by atoms with E-state index >= 15 is 0 Å². The molecule has 0 aliphatic carbocycles. The van der Waals surface area contributed by atoms with Crippen LogP contribution in [0.15, 0.2) is 0 Å². The summed E-state index contributed by atoms with van der Waals surface area (Å²) >= 11 is 0. The molecule has 0 aromatic carbocycles. The van der Waals surface area contributed by atoms with Crippen LogP contribution < -0.4 is 5.73 Å². The van der Waals surface area contributed by atoms with Gasteiger partial charge in [-0.2, -0.15) is 0 Å². The van der Waals surface area contributed by atoms with E-state index in [2.05, 4.69) is 0 Å². The Morgan fingerprint density at radius 3 is 2.77 bits per heavy atom. The molecule has 0 amide bonds. The second kappa shape index (κ2) is 4.88. The summed E-state index contributed by atoms with van der Waals surface area (Å²) < 4.78 is 10.4. The quantitative estimate of drug-likeness (QED) is 0.523. The zero-order chi connectivity index (χ0) is 9.84. The van der Waals surface area contributed by atoms with Gasteiger partial charge in [-0.3, -0.25) is 0 Å². The van der Waals surface area contributed by atoms with Gasteiger partial charge in [0.1, 0.15) is 6.10 Å². The van der Waals surface area contributed by atoms with Gasteiger partial charge in [-0.05, 0) is 6.92 Å². The molecule has 1 saturated heterocycles. The first-order chi connectivity index (χ1) is 6.15. The van der Waals surface area contributed by atoms with Crippen LogP contribution in [0.5, 0.6) is 0 Å². The van der Waals surface area contributed by atoms with Gasteiger partial charge >= 0.3 is 0 Å². The van der Waals surface area contributed by atoms with Gasteiger partial charge in [-0.15, -0.1) is 0 Å². The molecular weight excluding hydrogens is 174 g/mol. The molecule has 78 valence electrons. The lowest BCUT2D eigenvalue weighted by atomic mass is 10.0. The van der Waals surface area contributed by atoms with Gasteiger partial charge in [-0.25, -0.2) is 0 Å². The molecule has 1 fully saturated rings. The van der Waals surface area contributed by atoms with E-state index in [1.165, 1.54) is 0 Å². The van der Waals surface area contributed by atoms with Crippen molar-refractivity contribution in [2.45, 2.75) is 37.9 Å². The van der Waals surface area contributed by atoms with Crippen LogP contribution in [0.2, 0.25) is 0 Å². The third kappa shape index (κ3) is 2.89. The number of ether oxygens (including phenoxy) is 2. The molecule has 0 radical (unpaired) electrons. The highest BCUT2D eigenvalue weighted by atomic mass is 16.7. The van der Waals surface area contributed by atoms with E-state index in [0.717, 1.165) is 0 Å². The van der Waals surface area contributed by atoms with Crippen molar-refractivity contribution in [1.82, 2.24) is 0 Å². The van der Waals surface area contributed by atoms with Gasteiger partial charge in [0.05, 0.1) is 18.8 Å². The Kier molecular flexibility index (Phi) is 4.08. The first-order valence-corrected chi connectivity index (χ1v) is 4.48. The molecule has 13 heavy (non-hydrogen) atoms. The van der Waals surface area contributed by atoms with Crippen LogP contribution in [0.1, 0.15) is 13.3 Å². The van der Waals surface area contributed by atoms with Crippen LogP contribution in [0.25, 0.3) is 0 Å². The first-order valence-electron chi connectivity index (χ1n) is 4.48. The van der Waals surface area contributed by atoms with Crippen molar-refractivity contribution < 1.29 is 19.7 Å². The molecule has 0 bridgehead atoms. The molecule has 0 unspecified atom stereocenters. The number of hydrogen-bond donors (Lipinski definition) is 3. The third-order valence-electron chi connectivity index (χ3n) is 2.09. The molecule has 5 nitrogen and oxygen atoms in total. The van der Waals surface area contributed by atoms with Gasteiger partial charge in [0, 0.05) is 13.0 Å². The minimum atomic E-state index is -0.766. The molecule has 1 aliphatic heterocycles. The summed E-state index contributed by atoms with van der Waals surface area (Å²) in [5, 5.41) is 18.8. The summed E-state index contributed by atoms with van der Waals surface area (Å²) in [4.78, 5) is 0. The second-order valence-corrected chi connectivity index (χ2v) is 3.24. The zero-order valence-corrected chi connectivity index (χ0v) is 7.72. The van der Waals surface area contributed by atoms with Gasteiger partial charge in [-0.1, -0.05) is 0 Å². The van der Waals surface area contributed by atoms with Crippen molar-refractivity contribution in [2.75, 3.05) is 13.2 Å². The normalized spacial score (nSPS) is 40.6. The molecule has 4 atom stereocenters. The fourth-order valence-electron chi connectivity index (χ4n) is 1.28. The molecule has 0 saturated carbocycles. The highest BCUT2D eigenvalue weighted by Crippen LogP contribution is 2.20. The van der Waals surface area contributed by atoms with Crippen molar-refractivity contribution in [3.8, 4) is 0 Å². The van der Waals surface area contributed by atoms with Crippen LogP contribution >= 0.6 is 0 Å². The van der Waals surface area contributed by atoms with E-state index in [1.807, 2.05) is 0 Å². The van der Waals surface area contributed by atoms with Crippen molar-refractivity contribution in [1.29, 1.82) is 0 Å². The summed E-state index contributed by atoms with van der Waals surface area (Å²) in [7, 11) is 0. The Balaban J connectivity index is 2.37. The summed E-state index contributed by atoms with van der Waals surface area (Å²) in [5.41, 5.74) is 5.24. The van der Waals surface area contributed by atoms with Crippen molar-refractivity contribution in [3.05, 3.63) is 0 Å². The average molecular weight is 191 g/mol. The maximum Gasteiger partial charge on any atom is 0.183 e. The second-order valence-electron chi connectivity index (χ2n) is 3.24. The van der Waals surface area contributed by atoms with E-state index in [-0.39, 0.29) is 12.5 Å². The predicted octanol–water partition coefficient (Wildman–Crippen LogP) is -1.18. The Morgan fingerprint density at radius 2 is 2.15 bits per heavy atom. The molecular formula is C8H17NO4. The van der Waals surface area contributed by atoms with E-state index in [0.29, 0.717) is 13.2 Å². The molecule has 0 aromatic rings. The highest BCUT2D eigenvalue weighted by Gasteiger charge is 2.34. The molecule has 1 rings (SSSR count). The van der Waals surface area contributed by atoms with Crippen LogP contribution in [0, 0.1) is 0 Å². The summed E-state index contributed by atoms with van der Waals surface area (Å²) in [6.07, 6.45) is -2.05. The SMILES string of the molecule is C[C@@H]1O[C@@H](OCCN)[C@@H](O)C[C@@H]1O. The number of hydrogen-bond acceptors (Lipinski definition) is 5. The molecule has 4 N–H and O–H groups in total. The number of aliphatic hydroxyl groups is 2. The Morgan fingerprint density at radius 1 is 1.46 bits per heavy atom. The molecule has 1 heterocycles. The lowest BCUT2D eigenvalue weighted by Gasteiger charge is -2.35. The molecule has 1 aliphatic rings. The van der Waals surface area contributed by atoms with Crippen LogP contribution in [0.3, 0.4) is 0 Å². The molecule has 5 heteroatoms. The predicted molar refractivity (Wildman–Crippen MR) is 46.0 cm³/mol. The Hall–Kier alpha value is -0.200. The summed E-state index contributed by atoms with van der Waals surface area (Å²) in [6.45, 7) is 2.49. The number of aliphatic hydroxyl groups excluding tert-OH is 2. The van der Waals surface area contributed by atoms with Gasteiger partial charge in [0.2, 0.25) is 0 Å². The maximum atomic E-state index is 9.43. The van der Waals surface area contributed by atoms with Crippen molar-refractivity contribution >= 4 is 0 Å². The van der Waals surface area contributed by atoms with Gasteiger partial charge in [0.15, 0.2) is 6.29 Å². The topological polar surface area (TPSA) is 84.9 Å². The summed E-state index contributed by atoms with van der Waals surface area (Å²) in [6, 6.07) is 0. The van der Waals surface area contributed by atoms with E-state index in [1.54, 1.807) is 6.92 Å². The molecule has 0 aromatic heterocycles. The number of nitrogens with two attached hydrogens (primary N) is 1. The van der Waals surface area contributed by atoms with Crippen LogP contribution in [-0.4, -0.2) is 48.0 Å². The van der Waals surface area contributed by atoms with Gasteiger partial charge < -0.3 is 25.4 Å². The smallest absolute Gasteiger partial charge is 0.183 e. The van der Waals surface area contributed by atoms with E-state index < -0.39 is 18.5 Å². The minimum absolute atomic E-state index is 0.288. The molecule has 0 spiro atoms. The fraction of sp³-hybridized carbons (Fsp3) is 1.00. The van der Waals surface area contributed by atoms with Crippen LogP contribution in [0.4, 0.5) is 0 Å². The van der Waals surface area contributed by atoms with Crippen molar-refractivity contribution in [2.24, 2.45) is 5.73 Å². The number of rotatable bonds is 3. The Labute approximate surface area is 77.4 Å². The largest absolute Gasteiger partial charge is 0.390 e. The van der Waals surface area contributed by atoms with E-state index in [9.17, 15) is 10.2 Å². The average Bonchev–Trinajstić information content (AvgIpc) is 2.09. The first kappa shape index (κ1) is 10.9. The standard InChI is InChI=1S/C8H17NO4/c1-5-6(10)4-7(11)8(13-5)12-3-2-9/h5-8,10-11H,2-4,9H2,1H3/t5-,6-,7-,8+/m0/s1. The lowest BCUT2D eigenvalue weighted by Crippen LogP contribution is -2.47. The highest BCUT2D eigenvalue weighted by molar-refractivity contribution is 4.78. The monoisotopic (exact) mass is 191 g/mol. The third-order valence-corrected chi connectivity index (χ3v) is 2.09. The summed E-state index contributed by atoms with van der Waals surface area (Å²) in [5.74, 6) is 0. The van der Waals surface area contributed by atoms with Gasteiger partial charge in [0.25, 0.3) is 0 Å².